The summed E-state index contributed by atoms with van der Waals surface area (Å²) in [4.78, 5) is 13.9. The number of piperazine rings is 1. The van der Waals surface area contributed by atoms with Crippen LogP contribution in [0.3, 0.4) is 0 Å². The Hall–Kier alpha value is -1.53. The maximum Gasteiger partial charge on any atom is 0.254 e. The van der Waals surface area contributed by atoms with Crippen molar-refractivity contribution in [1.29, 1.82) is 0 Å². The summed E-state index contributed by atoms with van der Waals surface area (Å²) >= 11 is 0. The highest BCUT2D eigenvalue weighted by Gasteiger charge is 2.13. The third-order valence-corrected chi connectivity index (χ3v) is 3.10. The summed E-state index contributed by atoms with van der Waals surface area (Å²) in [5.74, 6) is -1.90. The minimum absolute atomic E-state index is 0.250. The fourth-order valence-corrected chi connectivity index (χ4v) is 2.03. The van der Waals surface area contributed by atoms with Crippen LogP contribution in [0.2, 0.25) is 0 Å². The van der Waals surface area contributed by atoms with E-state index in [2.05, 4.69) is 15.5 Å². The summed E-state index contributed by atoms with van der Waals surface area (Å²) < 4.78 is 26.3. The molecule has 0 atom stereocenters. The summed E-state index contributed by atoms with van der Waals surface area (Å²) in [6.45, 7) is 4.88. The lowest BCUT2D eigenvalue weighted by molar-refractivity contribution is 0.0942. The van der Waals surface area contributed by atoms with Crippen LogP contribution < -0.4 is 10.6 Å². The maximum atomic E-state index is 13.4. The van der Waals surface area contributed by atoms with E-state index in [9.17, 15) is 13.6 Å². The Bertz CT molecular complexity index is 448. The van der Waals surface area contributed by atoms with Crippen LogP contribution in [0, 0.1) is 11.6 Å². The van der Waals surface area contributed by atoms with E-state index in [0.717, 1.165) is 44.4 Å². The van der Waals surface area contributed by atoms with E-state index >= 15 is 0 Å². The highest BCUT2D eigenvalue weighted by Crippen LogP contribution is 2.09. The van der Waals surface area contributed by atoms with Crippen molar-refractivity contribution in [2.45, 2.75) is 0 Å². The third-order valence-electron chi connectivity index (χ3n) is 3.10. The van der Waals surface area contributed by atoms with Gasteiger partial charge in [0.1, 0.15) is 11.6 Å². The molecule has 1 aromatic carbocycles. The molecule has 1 amide bonds. The number of carbonyl (C=O) groups is 1. The number of halogens is 2. The Morgan fingerprint density at radius 1 is 1.32 bits per heavy atom. The molecular weight excluding hydrogens is 252 g/mol. The van der Waals surface area contributed by atoms with Gasteiger partial charge in [0.05, 0.1) is 5.56 Å². The number of nitrogens with zero attached hydrogens (tertiary/aromatic N) is 1. The fraction of sp³-hybridized carbons (Fsp3) is 0.462. The molecule has 1 fully saturated rings. The Kier molecular flexibility index (Phi) is 4.81. The van der Waals surface area contributed by atoms with Crippen LogP contribution in [0.25, 0.3) is 0 Å². The number of amides is 1. The van der Waals surface area contributed by atoms with Crippen LogP contribution in [-0.4, -0.2) is 50.1 Å². The molecule has 19 heavy (non-hydrogen) atoms. The van der Waals surface area contributed by atoms with Crippen LogP contribution in [0.1, 0.15) is 10.4 Å². The van der Waals surface area contributed by atoms with Crippen molar-refractivity contribution in [3.05, 3.63) is 35.4 Å². The topological polar surface area (TPSA) is 44.4 Å². The lowest BCUT2D eigenvalue weighted by Gasteiger charge is -2.27. The van der Waals surface area contributed by atoms with Crippen molar-refractivity contribution in [2.24, 2.45) is 0 Å². The van der Waals surface area contributed by atoms with Gasteiger partial charge in [0.15, 0.2) is 0 Å². The van der Waals surface area contributed by atoms with Gasteiger partial charge < -0.3 is 10.6 Å². The molecule has 0 saturated carbocycles. The Morgan fingerprint density at radius 3 is 2.79 bits per heavy atom. The molecule has 2 N–H and O–H groups in total. The molecule has 0 aliphatic carbocycles. The summed E-state index contributed by atoms with van der Waals surface area (Å²) in [5.41, 5.74) is -0.250. The third kappa shape index (κ3) is 3.97. The SMILES string of the molecule is O=C(NCCN1CCNCC1)c1cc(F)ccc1F. The minimum atomic E-state index is -0.707. The molecule has 0 aromatic heterocycles. The van der Waals surface area contributed by atoms with Gasteiger partial charge in [-0.05, 0) is 18.2 Å². The molecule has 0 spiro atoms. The number of carbonyl (C=O) groups excluding carboxylic acids is 1. The number of hydrogen-bond donors (Lipinski definition) is 2. The maximum absolute atomic E-state index is 13.4. The van der Waals surface area contributed by atoms with E-state index in [-0.39, 0.29) is 5.56 Å². The average Bonchev–Trinajstić information content (AvgIpc) is 2.42. The highest BCUT2D eigenvalue weighted by atomic mass is 19.1. The van der Waals surface area contributed by atoms with Gasteiger partial charge >= 0.3 is 0 Å². The Balaban J connectivity index is 1.82. The second-order valence-electron chi connectivity index (χ2n) is 4.47. The first-order chi connectivity index (χ1) is 9.16. The van der Waals surface area contributed by atoms with Gasteiger partial charge in [0.25, 0.3) is 5.91 Å². The molecule has 0 bridgehead atoms. The van der Waals surface area contributed by atoms with Gasteiger partial charge in [-0.2, -0.15) is 0 Å². The van der Waals surface area contributed by atoms with Crippen molar-refractivity contribution in [1.82, 2.24) is 15.5 Å². The minimum Gasteiger partial charge on any atom is -0.351 e. The molecule has 1 aliphatic heterocycles. The molecule has 1 saturated heterocycles. The van der Waals surface area contributed by atoms with Crippen LogP contribution in [0.4, 0.5) is 8.78 Å². The van der Waals surface area contributed by atoms with Crippen molar-refractivity contribution in [3.63, 3.8) is 0 Å². The van der Waals surface area contributed by atoms with Crippen LogP contribution >= 0.6 is 0 Å². The molecule has 0 radical (unpaired) electrons. The van der Waals surface area contributed by atoms with Crippen molar-refractivity contribution in [3.8, 4) is 0 Å². The second-order valence-corrected chi connectivity index (χ2v) is 4.47. The second kappa shape index (κ2) is 6.58. The molecule has 6 heteroatoms. The van der Waals surface area contributed by atoms with E-state index in [4.69, 9.17) is 0 Å². The van der Waals surface area contributed by atoms with Crippen LogP contribution in [-0.2, 0) is 0 Å². The zero-order chi connectivity index (χ0) is 13.7. The smallest absolute Gasteiger partial charge is 0.254 e. The van der Waals surface area contributed by atoms with E-state index in [0.29, 0.717) is 13.1 Å². The summed E-state index contributed by atoms with van der Waals surface area (Å²) in [6, 6.07) is 2.86. The number of hydrogen-bond acceptors (Lipinski definition) is 3. The molecule has 4 nitrogen and oxygen atoms in total. The molecule has 104 valence electrons. The van der Waals surface area contributed by atoms with Crippen molar-refractivity contribution >= 4 is 5.91 Å². The molecular formula is C13H17F2N3O. The average molecular weight is 269 g/mol. The first kappa shape index (κ1) is 13.9. The molecule has 1 aromatic rings. The van der Waals surface area contributed by atoms with Gasteiger partial charge in [-0.25, -0.2) is 8.78 Å². The summed E-state index contributed by atoms with van der Waals surface area (Å²) in [6.07, 6.45) is 0. The van der Waals surface area contributed by atoms with Gasteiger partial charge in [-0.15, -0.1) is 0 Å². The van der Waals surface area contributed by atoms with E-state index < -0.39 is 17.5 Å². The van der Waals surface area contributed by atoms with E-state index in [1.165, 1.54) is 0 Å². The number of benzene rings is 1. The predicted molar refractivity (Wildman–Crippen MR) is 68.0 cm³/mol. The first-order valence-corrected chi connectivity index (χ1v) is 6.33. The van der Waals surface area contributed by atoms with Gasteiger partial charge in [0, 0.05) is 39.3 Å². The predicted octanol–water partition coefficient (Wildman–Crippen LogP) is 0.600. The zero-order valence-electron chi connectivity index (χ0n) is 10.6. The van der Waals surface area contributed by atoms with Crippen molar-refractivity contribution < 1.29 is 13.6 Å². The molecule has 1 aliphatic rings. The Labute approximate surface area is 110 Å². The van der Waals surface area contributed by atoms with Gasteiger partial charge in [-0.3, -0.25) is 9.69 Å². The van der Waals surface area contributed by atoms with E-state index in [1.54, 1.807) is 0 Å². The lowest BCUT2D eigenvalue weighted by atomic mass is 10.2. The number of rotatable bonds is 4. The van der Waals surface area contributed by atoms with Gasteiger partial charge in [0.2, 0.25) is 0 Å². The van der Waals surface area contributed by atoms with E-state index in [1.807, 2.05) is 0 Å². The van der Waals surface area contributed by atoms with Crippen LogP contribution in [0.15, 0.2) is 18.2 Å². The van der Waals surface area contributed by atoms with Crippen LogP contribution in [0.5, 0.6) is 0 Å². The fourth-order valence-electron chi connectivity index (χ4n) is 2.03. The largest absolute Gasteiger partial charge is 0.351 e. The molecule has 0 unspecified atom stereocenters. The summed E-state index contributed by atoms with van der Waals surface area (Å²) in [5, 5.41) is 5.84. The van der Waals surface area contributed by atoms with Crippen molar-refractivity contribution in [2.75, 3.05) is 39.3 Å². The zero-order valence-corrected chi connectivity index (χ0v) is 10.6. The van der Waals surface area contributed by atoms with Gasteiger partial charge in [-0.1, -0.05) is 0 Å². The summed E-state index contributed by atoms with van der Waals surface area (Å²) in [7, 11) is 0. The quantitative estimate of drug-likeness (QED) is 0.841. The number of nitrogens with one attached hydrogen (secondary N) is 2. The molecule has 2 rings (SSSR count). The standard InChI is InChI=1S/C13H17F2N3O/c14-10-1-2-12(15)11(9-10)13(19)17-5-8-18-6-3-16-4-7-18/h1-2,9,16H,3-8H2,(H,17,19). The first-order valence-electron chi connectivity index (χ1n) is 6.33. The monoisotopic (exact) mass is 269 g/mol. The normalized spacial score (nSPS) is 16.3. The lowest BCUT2D eigenvalue weighted by Crippen LogP contribution is -2.46. The Morgan fingerprint density at radius 2 is 2.05 bits per heavy atom. The highest BCUT2D eigenvalue weighted by molar-refractivity contribution is 5.94. The molecule has 1 heterocycles.